The number of hydrogen-bond donors (Lipinski definition) is 2. The molecule has 0 unspecified atom stereocenters. The summed E-state index contributed by atoms with van der Waals surface area (Å²) < 4.78 is 0. The van der Waals surface area contributed by atoms with Gasteiger partial charge in [-0.3, -0.25) is 14.9 Å². The second-order valence-corrected chi connectivity index (χ2v) is 6.04. The third-order valence-electron chi connectivity index (χ3n) is 4.48. The number of carbonyl (C=O) groups is 1. The summed E-state index contributed by atoms with van der Waals surface area (Å²) >= 11 is 0. The second-order valence-electron chi connectivity index (χ2n) is 6.04. The van der Waals surface area contributed by atoms with E-state index in [1.54, 1.807) is 0 Å². The highest BCUT2D eigenvalue weighted by atomic mass is 16.6. The number of carbonyl (C=O) groups excluding carboxylic acids is 1. The molecule has 2 fully saturated rings. The molecular formula is C15H19N3O3. The average molecular weight is 289 g/mol. The number of nitrogen functional groups attached to an aromatic ring is 1. The van der Waals surface area contributed by atoms with E-state index >= 15 is 0 Å². The van der Waals surface area contributed by atoms with Crippen LogP contribution >= 0.6 is 0 Å². The number of benzene rings is 1. The summed E-state index contributed by atoms with van der Waals surface area (Å²) in [6.45, 7) is 0.649. The molecule has 6 nitrogen and oxygen atoms in total. The molecule has 0 saturated heterocycles. The molecule has 112 valence electrons. The van der Waals surface area contributed by atoms with Gasteiger partial charge >= 0.3 is 0 Å². The predicted octanol–water partition coefficient (Wildman–Crippen LogP) is 2.34. The van der Waals surface area contributed by atoms with Crippen molar-refractivity contribution in [2.75, 3.05) is 12.3 Å². The molecule has 3 N–H and O–H groups in total. The molecule has 2 saturated carbocycles. The molecule has 0 heterocycles. The summed E-state index contributed by atoms with van der Waals surface area (Å²) in [4.78, 5) is 22.5. The largest absolute Gasteiger partial charge is 0.393 e. The first-order valence-corrected chi connectivity index (χ1v) is 7.39. The molecule has 2 aliphatic carbocycles. The number of para-hydroxylation sites is 1. The van der Waals surface area contributed by atoms with Crippen LogP contribution in [-0.4, -0.2) is 17.4 Å². The van der Waals surface area contributed by atoms with Gasteiger partial charge in [0.25, 0.3) is 11.6 Å². The number of nitro benzene ring substituents is 1. The maximum atomic E-state index is 12.2. The first-order chi connectivity index (χ1) is 10.1. The van der Waals surface area contributed by atoms with Crippen LogP contribution in [0.1, 0.15) is 36.0 Å². The fourth-order valence-electron chi connectivity index (χ4n) is 2.98. The molecule has 0 radical (unpaired) electrons. The maximum absolute atomic E-state index is 12.2. The van der Waals surface area contributed by atoms with E-state index in [2.05, 4.69) is 5.32 Å². The standard InChI is InChI=1S/C15H19N3O3/c16-14-11(2-1-3-13(14)18(20)21)15(19)17-8-12(9-4-5-9)10-6-7-10/h1-3,9-10,12H,4-8,16H2,(H,17,19). The zero-order chi connectivity index (χ0) is 15.0. The number of nitrogens with two attached hydrogens (primary N) is 1. The third-order valence-corrected chi connectivity index (χ3v) is 4.48. The monoisotopic (exact) mass is 289 g/mol. The van der Waals surface area contributed by atoms with Crippen molar-refractivity contribution in [3.63, 3.8) is 0 Å². The second kappa shape index (κ2) is 5.35. The van der Waals surface area contributed by atoms with E-state index in [9.17, 15) is 14.9 Å². The number of rotatable bonds is 6. The third kappa shape index (κ3) is 2.99. The Morgan fingerprint density at radius 1 is 1.33 bits per heavy atom. The zero-order valence-corrected chi connectivity index (χ0v) is 11.7. The van der Waals surface area contributed by atoms with E-state index in [-0.39, 0.29) is 22.8 Å². The first-order valence-electron chi connectivity index (χ1n) is 7.39. The topological polar surface area (TPSA) is 98.3 Å². The molecule has 1 aromatic rings. The predicted molar refractivity (Wildman–Crippen MR) is 78.8 cm³/mol. The van der Waals surface area contributed by atoms with Gasteiger partial charge in [0, 0.05) is 12.6 Å². The number of amides is 1. The Balaban J connectivity index is 1.67. The van der Waals surface area contributed by atoms with Crippen molar-refractivity contribution in [2.45, 2.75) is 25.7 Å². The van der Waals surface area contributed by atoms with E-state index in [4.69, 9.17) is 5.73 Å². The molecular weight excluding hydrogens is 270 g/mol. The van der Waals surface area contributed by atoms with Crippen LogP contribution in [0.15, 0.2) is 18.2 Å². The van der Waals surface area contributed by atoms with Gasteiger partial charge in [-0.2, -0.15) is 0 Å². The molecule has 3 rings (SSSR count). The fourth-order valence-corrected chi connectivity index (χ4v) is 2.98. The first kappa shape index (κ1) is 13.9. The lowest BCUT2D eigenvalue weighted by molar-refractivity contribution is -0.383. The van der Waals surface area contributed by atoms with Crippen molar-refractivity contribution >= 4 is 17.3 Å². The van der Waals surface area contributed by atoms with Crippen LogP contribution in [0.5, 0.6) is 0 Å². The van der Waals surface area contributed by atoms with Gasteiger partial charge in [-0.15, -0.1) is 0 Å². The number of anilines is 1. The van der Waals surface area contributed by atoms with Gasteiger partial charge in [-0.25, -0.2) is 0 Å². The quantitative estimate of drug-likeness (QED) is 0.477. The molecule has 0 aliphatic heterocycles. The van der Waals surface area contributed by atoms with Crippen molar-refractivity contribution in [3.8, 4) is 0 Å². The van der Waals surface area contributed by atoms with Crippen molar-refractivity contribution in [1.29, 1.82) is 0 Å². The van der Waals surface area contributed by atoms with Crippen LogP contribution < -0.4 is 11.1 Å². The van der Waals surface area contributed by atoms with Gasteiger partial charge < -0.3 is 11.1 Å². The van der Waals surface area contributed by atoms with Crippen LogP contribution in [-0.2, 0) is 0 Å². The number of nitrogens with one attached hydrogen (secondary N) is 1. The lowest BCUT2D eigenvalue weighted by atomic mass is 9.98. The SMILES string of the molecule is Nc1c(C(=O)NCC(C2CC2)C2CC2)cccc1[N+](=O)[O-]. The van der Waals surface area contributed by atoms with E-state index in [1.807, 2.05) is 0 Å². The lowest BCUT2D eigenvalue weighted by Gasteiger charge is -2.16. The van der Waals surface area contributed by atoms with Gasteiger partial charge in [0.1, 0.15) is 5.69 Å². The lowest BCUT2D eigenvalue weighted by Crippen LogP contribution is -2.31. The van der Waals surface area contributed by atoms with Crippen molar-refractivity contribution in [2.24, 2.45) is 17.8 Å². The molecule has 1 aromatic carbocycles. The minimum absolute atomic E-state index is 0.0607. The van der Waals surface area contributed by atoms with Crippen LogP contribution in [0, 0.1) is 27.9 Å². The summed E-state index contributed by atoms with van der Waals surface area (Å²) in [6.07, 6.45) is 5.04. The van der Waals surface area contributed by atoms with Crippen molar-refractivity contribution in [1.82, 2.24) is 5.32 Å². The Morgan fingerprint density at radius 2 is 1.95 bits per heavy atom. The molecule has 21 heavy (non-hydrogen) atoms. The Morgan fingerprint density at radius 3 is 2.48 bits per heavy atom. The summed E-state index contributed by atoms with van der Waals surface area (Å²) in [5.74, 6) is 1.75. The Kier molecular flexibility index (Phi) is 3.53. The summed E-state index contributed by atoms with van der Waals surface area (Å²) in [5, 5.41) is 13.8. The summed E-state index contributed by atoms with van der Waals surface area (Å²) in [7, 11) is 0. The van der Waals surface area contributed by atoms with Gasteiger partial charge in [0.2, 0.25) is 0 Å². The normalized spacial score (nSPS) is 17.8. The van der Waals surface area contributed by atoms with Crippen LogP contribution in [0.25, 0.3) is 0 Å². The van der Waals surface area contributed by atoms with E-state index in [0.717, 1.165) is 11.8 Å². The van der Waals surface area contributed by atoms with E-state index in [0.29, 0.717) is 12.5 Å². The maximum Gasteiger partial charge on any atom is 0.292 e. The minimum atomic E-state index is -0.566. The molecule has 1 amide bonds. The van der Waals surface area contributed by atoms with Gasteiger partial charge in [-0.05, 0) is 49.5 Å². The average Bonchev–Trinajstić information content (AvgIpc) is 3.32. The van der Waals surface area contributed by atoms with Crippen molar-refractivity contribution in [3.05, 3.63) is 33.9 Å². The summed E-state index contributed by atoms with van der Waals surface area (Å²) in [6, 6.07) is 4.33. The fraction of sp³-hybridized carbons (Fsp3) is 0.533. The van der Waals surface area contributed by atoms with Crippen LogP contribution in [0.2, 0.25) is 0 Å². The molecule has 0 spiro atoms. The Hall–Kier alpha value is -2.11. The zero-order valence-electron chi connectivity index (χ0n) is 11.7. The van der Waals surface area contributed by atoms with Crippen LogP contribution in [0.4, 0.5) is 11.4 Å². The van der Waals surface area contributed by atoms with E-state index < -0.39 is 4.92 Å². The molecule has 0 atom stereocenters. The minimum Gasteiger partial charge on any atom is -0.393 e. The van der Waals surface area contributed by atoms with Gasteiger partial charge in [0.15, 0.2) is 0 Å². The smallest absolute Gasteiger partial charge is 0.292 e. The highest BCUT2D eigenvalue weighted by Gasteiger charge is 2.41. The molecule has 2 aliphatic rings. The number of nitrogens with zero attached hydrogens (tertiary/aromatic N) is 1. The highest BCUT2D eigenvalue weighted by Crippen LogP contribution is 2.48. The van der Waals surface area contributed by atoms with E-state index in [1.165, 1.54) is 43.9 Å². The Labute approximate surface area is 122 Å². The van der Waals surface area contributed by atoms with Gasteiger partial charge in [0.05, 0.1) is 10.5 Å². The number of hydrogen-bond acceptors (Lipinski definition) is 4. The Bertz CT molecular complexity index is 568. The number of nitro groups is 1. The molecule has 6 heteroatoms. The van der Waals surface area contributed by atoms with Crippen LogP contribution in [0.3, 0.4) is 0 Å². The summed E-state index contributed by atoms with van der Waals surface area (Å²) in [5.41, 5.74) is 5.64. The van der Waals surface area contributed by atoms with Crippen molar-refractivity contribution < 1.29 is 9.72 Å². The highest BCUT2D eigenvalue weighted by molar-refractivity contribution is 6.00. The molecule has 0 bridgehead atoms. The van der Waals surface area contributed by atoms with Gasteiger partial charge in [-0.1, -0.05) is 6.07 Å². The molecule has 0 aromatic heterocycles.